The van der Waals surface area contributed by atoms with E-state index in [0.29, 0.717) is 13.0 Å². The Hall–Kier alpha value is -1.10. The Labute approximate surface area is 122 Å². The van der Waals surface area contributed by atoms with Gasteiger partial charge in [0.1, 0.15) is 12.1 Å². The molecule has 1 aliphatic heterocycles. The lowest BCUT2D eigenvalue weighted by Gasteiger charge is -2.38. The van der Waals surface area contributed by atoms with E-state index in [1.165, 1.54) is 0 Å². The van der Waals surface area contributed by atoms with Gasteiger partial charge >= 0.3 is 0 Å². The molecule has 116 valence electrons. The van der Waals surface area contributed by atoms with Crippen LogP contribution in [0, 0.1) is 0 Å². The molecule has 0 saturated carbocycles. The van der Waals surface area contributed by atoms with Gasteiger partial charge in [0.25, 0.3) is 0 Å². The van der Waals surface area contributed by atoms with E-state index in [0.717, 1.165) is 32.2 Å². The summed E-state index contributed by atoms with van der Waals surface area (Å²) < 4.78 is 0. The van der Waals surface area contributed by atoms with E-state index < -0.39 is 0 Å². The van der Waals surface area contributed by atoms with Crippen LogP contribution in [0.2, 0.25) is 0 Å². The number of carbonyl (C=O) groups excluding carboxylic acids is 2. The topological polar surface area (TPSA) is 52.7 Å². The highest BCUT2D eigenvalue weighted by Gasteiger charge is 2.38. The van der Waals surface area contributed by atoms with Crippen LogP contribution in [0.15, 0.2) is 0 Å². The number of rotatable bonds is 8. The van der Waals surface area contributed by atoms with Gasteiger partial charge in [-0.1, -0.05) is 20.3 Å². The van der Waals surface area contributed by atoms with Crippen LogP contribution in [0.3, 0.4) is 0 Å². The van der Waals surface area contributed by atoms with Crippen LogP contribution in [0.25, 0.3) is 0 Å². The van der Waals surface area contributed by atoms with Crippen LogP contribution >= 0.6 is 0 Å². The minimum absolute atomic E-state index is 0.0122. The smallest absolute Gasteiger partial charge is 0.245 e. The van der Waals surface area contributed by atoms with Gasteiger partial charge in [-0.15, -0.1) is 0 Å². The summed E-state index contributed by atoms with van der Waals surface area (Å²) in [5.41, 5.74) is 0. The molecule has 1 rings (SSSR count). The Bertz CT molecular complexity index is 331. The fourth-order valence-electron chi connectivity index (χ4n) is 2.69. The molecule has 0 aromatic carbocycles. The summed E-state index contributed by atoms with van der Waals surface area (Å²) in [7, 11) is 4.09. The van der Waals surface area contributed by atoms with Gasteiger partial charge in [0.05, 0.1) is 0 Å². The van der Waals surface area contributed by atoms with Gasteiger partial charge in [-0.05, 0) is 46.3 Å². The van der Waals surface area contributed by atoms with E-state index in [1.54, 1.807) is 4.90 Å². The molecular formula is C15H29N3O2. The normalized spacial score (nSPS) is 23.4. The van der Waals surface area contributed by atoms with Crippen LogP contribution in [0.5, 0.6) is 0 Å². The van der Waals surface area contributed by atoms with Crippen LogP contribution in [0.1, 0.15) is 46.0 Å². The highest BCUT2D eigenvalue weighted by Crippen LogP contribution is 2.16. The van der Waals surface area contributed by atoms with Crippen molar-refractivity contribution in [2.45, 2.75) is 58.0 Å². The number of amides is 2. The van der Waals surface area contributed by atoms with E-state index in [-0.39, 0.29) is 23.9 Å². The fourth-order valence-corrected chi connectivity index (χ4v) is 2.69. The predicted octanol–water partition coefficient (Wildman–Crippen LogP) is 1.23. The summed E-state index contributed by atoms with van der Waals surface area (Å²) in [5, 5.41) is 2.87. The third-order valence-corrected chi connectivity index (χ3v) is 3.79. The zero-order valence-electron chi connectivity index (χ0n) is 13.3. The van der Waals surface area contributed by atoms with Crippen LogP contribution in [-0.2, 0) is 9.59 Å². The maximum Gasteiger partial charge on any atom is 0.245 e. The second-order valence-electron chi connectivity index (χ2n) is 5.82. The van der Waals surface area contributed by atoms with E-state index in [4.69, 9.17) is 0 Å². The van der Waals surface area contributed by atoms with Gasteiger partial charge < -0.3 is 15.1 Å². The molecule has 20 heavy (non-hydrogen) atoms. The highest BCUT2D eigenvalue weighted by molar-refractivity contribution is 5.96. The zero-order chi connectivity index (χ0) is 15.1. The molecule has 1 saturated heterocycles. The quantitative estimate of drug-likeness (QED) is 0.682. The van der Waals surface area contributed by atoms with Crippen molar-refractivity contribution in [3.63, 3.8) is 0 Å². The number of hydrogen-bond acceptors (Lipinski definition) is 3. The molecule has 0 spiro atoms. The second-order valence-corrected chi connectivity index (χ2v) is 5.82. The molecule has 1 heterocycles. The lowest BCUT2D eigenvalue weighted by atomic mass is 10.0. The molecule has 2 unspecified atom stereocenters. The Kier molecular flexibility index (Phi) is 6.99. The van der Waals surface area contributed by atoms with Gasteiger partial charge in [-0.25, -0.2) is 0 Å². The first kappa shape index (κ1) is 17.0. The van der Waals surface area contributed by atoms with Crippen molar-refractivity contribution in [2.75, 3.05) is 27.2 Å². The lowest BCUT2D eigenvalue weighted by Crippen LogP contribution is -2.63. The van der Waals surface area contributed by atoms with Crippen molar-refractivity contribution in [1.29, 1.82) is 0 Å². The van der Waals surface area contributed by atoms with Crippen molar-refractivity contribution in [3.05, 3.63) is 0 Å². The monoisotopic (exact) mass is 283 g/mol. The van der Waals surface area contributed by atoms with E-state index in [9.17, 15) is 9.59 Å². The molecule has 1 fully saturated rings. The Morgan fingerprint density at radius 3 is 2.45 bits per heavy atom. The van der Waals surface area contributed by atoms with Crippen molar-refractivity contribution < 1.29 is 9.59 Å². The third kappa shape index (κ3) is 4.47. The van der Waals surface area contributed by atoms with Crippen molar-refractivity contribution >= 4 is 11.8 Å². The average molecular weight is 283 g/mol. The van der Waals surface area contributed by atoms with Crippen LogP contribution in [-0.4, -0.2) is 60.9 Å². The molecule has 2 amide bonds. The highest BCUT2D eigenvalue weighted by atomic mass is 16.2. The molecule has 5 nitrogen and oxygen atoms in total. The molecule has 5 heteroatoms. The van der Waals surface area contributed by atoms with Crippen molar-refractivity contribution in [2.24, 2.45) is 0 Å². The number of hydrogen-bond donors (Lipinski definition) is 1. The molecule has 1 aliphatic rings. The van der Waals surface area contributed by atoms with E-state index >= 15 is 0 Å². The lowest BCUT2D eigenvalue weighted by molar-refractivity contribution is -0.149. The van der Waals surface area contributed by atoms with Crippen molar-refractivity contribution in [1.82, 2.24) is 15.1 Å². The average Bonchev–Trinajstić information content (AvgIpc) is 2.39. The number of unbranched alkanes of at least 4 members (excludes halogenated alkanes) is 1. The number of nitrogens with one attached hydrogen (secondary N) is 1. The molecule has 0 aromatic rings. The van der Waals surface area contributed by atoms with E-state index in [2.05, 4.69) is 10.2 Å². The van der Waals surface area contributed by atoms with Crippen LogP contribution in [0.4, 0.5) is 0 Å². The summed E-state index contributed by atoms with van der Waals surface area (Å²) in [6.45, 7) is 5.71. The van der Waals surface area contributed by atoms with Crippen LogP contribution < -0.4 is 5.32 Å². The van der Waals surface area contributed by atoms with E-state index in [1.807, 2.05) is 27.9 Å². The molecule has 1 N–H and O–H groups in total. The second kappa shape index (κ2) is 8.25. The van der Waals surface area contributed by atoms with Gasteiger partial charge in [0.15, 0.2) is 0 Å². The Morgan fingerprint density at radius 2 is 1.90 bits per heavy atom. The maximum absolute atomic E-state index is 12.5. The number of nitrogens with zero attached hydrogens (tertiary/aromatic N) is 2. The third-order valence-electron chi connectivity index (χ3n) is 3.79. The molecule has 0 aliphatic carbocycles. The maximum atomic E-state index is 12.5. The number of carbonyl (C=O) groups is 2. The summed E-state index contributed by atoms with van der Waals surface area (Å²) in [5.74, 6) is 0.112. The first-order chi connectivity index (χ1) is 9.51. The Balaban J connectivity index is 2.61. The molecule has 0 aromatic heterocycles. The van der Waals surface area contributed by atoms with Gasteiger partial charge in [-0.3, -0.25) is 9.59 Å². The minimum Gasteiger partial charge on any atom is -0.343 e. The molecule has 0 radical (unpaired) electrons. The summed E-state index contributed by atoms with van der Waals surface area (Å²) in [6, 6.07) is -0.598. The summed E-state index contributed by atoms with van der Waals surface area (Å²) in [4.78, 5) is 28.5. The number of piperazine rings is 1. The minimum atomic E-state index is -0.316. The zero-order valence-corrected chi connectivity index (χ0v) is 13.3. The Morgan fingerprint density at radius 1 is 1.20 bits per heavy atom. The standard InChI is InChI=1S/C15H29N3O2/c1-5-9-12-15(20)18(11-8-7-10-17(3)4)13(6-2)14(19)16-12/h12-13H,5-11H2,1-4H3,(H,16,19). The predicted molar refractivity (Wildman–Crippen MR) is 80.4 cm³/mol. The SMILES string of the molecule is CCCC1NC(=O)C(CC)N(CCCCN(C)C)C1=O. The first-order valence-corrected chi connectivity index (χ1v) is 7.76. The largest absolute Gasteiger partial charge is 0.343 e. The molecule has 0 bridgehead atoms. The van der Waals surface area contributed by atoms with Gasteiger partial charge in [0.2, 0.25) is 11.8 Å². The van der Waals surface area contributed by atoms with Crippen molar-refractivity contribution in [3.8, 4) is 0 Å². The molecule has 2 atom stereocenters. The fraction of sp³-hybridized carbons (Fsp3) is 0.867. The summed E-state index contributed by atoms with van der Waals surface area (Å²) >= 11 is 0. The summed E-state index contributed by atoms with van der Waals surface area (Å²) in [6.07, 6.45) is 4.32. The molecular weight excluding hydrogens is 254 g/mol. The first-order valence-electron chi connectivity index (χ1n) is 7.76. The van der Waals surface area contributed by atoms with Gasteiger partial charge in [-0.2, -0.15) is 0 Å². The van der Waals surface area contributed by atoms with Gasteiger partial charge in [0, 0.05) is 6.54 Å².